The summed E-state index contributed by atoms with van der Waals surface area (Å²) < 4.78 is 0. The smallest absolute Gasteiger partial charge is 0.177 e. The van der Waals surface area contributed by atoms with Gasteiger partial charge in [-0.05, 0) is 22.2 Å². The first-order chi connectivity index (χ1) is 15.6. The lowest BCUT2D eigenvalue weighted by molar-refractivity contribution is 1.20. The predicted molar refractivity (Wildman–Crippen MR) is 112 cm³/mol. The first-order valence-electron chi connectivity index (χ1n) is 8.97. The summed E-state index contributed by atoms with van der Waals surface area (Å²) in [5.74, 6) is 0. The molecule has 0 bridgehead atoms. The first-order valence-corrected chi connectivity index (χ1v) is 8.97. The number of aromatic nitrogens is 2. The molecule has 0 N–H and O–H groups in total. The number of nitriles is 6. The largest absolute Gasteiger partial charge is 0.232 e. The van der Waals surface area contributed by atoms with Gasteiger partial charge in [0.2, 0.25) is 0 Å². The summed E-state index contributed by atoms with van der Waals surface area (Å²) in [6.45, 7) is 0. The summed E-state index contributed by atoms with van der Waals surface area (Å²) in [6.07, 6.45) is 0. The van der Waals surface area contributed by atoms with Crippen LogP contribution in [0.2, 0.25) is 0 Å². The van der Waals surface area contributed by atoms with Crippen LogP contribution in [-0.2, 0) is 0 Å². The third-order valence-electron chi connectivity index (χ3n) is 4.98. The summed E-state index contributed by atoms with van der Waals surface area (Å²) >= 11 is 0. The summed E-state index contributed by atoms with van der Waals surface area (Å²) in [5.41, 5.74) is -0.291. The van der Waals surface area contributed by atoms with E-state index in [9.17, 15) is 31.6 Å². The summed E-state index contributed by atoms with van der Waals surface area (Å²) in [5, 5.41) is 59.5. The Morgan fingerprint density at radius 1 is 0.594 bits per heavy atom. The Morgan fingerprint density at radius 3 is 1.69 bits per heavy atom. The number of benzene rings is 3. The van der Waals surface area contributed by atoms with Gasteiger partial charge < -0.3 is 0 Å². The topological polar surface area (TPSA) is 169 Å². The van der Waals surface area contributed by atoms with Crippen LogP contribution in [0.5, 0.6) is 0 Å². The highest BCUT2D eigenvalue weighted by Crippen LogP contribution is 2.23. The van der Waals surface area contributed by atoms with Gasteiger partial charge in [-0.3, -0.25) is 0 Å². The van der Waals surface area contributed by atoms with Crippen LogP contribution in [0.1, 0.15) is 11.4 Å². The maximum Gasteiger partial charge on any atom is 0.177 e. The lowest BCUT2D eigenvalue weighted by Gasteiger charge is -2.10. The average Bonchev–Trinajstić information content (AvgIpc) is 2.84. The molecule has 0 fully saturated rings. The third-order valence-corrected chi connectivity index (χ3v) is 4.98. The predicted octanol–water partition coefficient (Wildman–Crippen LogP) is 2.08. The van der Waals surface area contributed by atoms with Gasteiger partial charge in [-0.2, -0.15) is 31.6 Å². The summed E-state index contributed by atoms with van der Waals surface area (Å²) in [6, 6.07) is 21.2. The molecule has 0 aliphatic carbocycles. The van der Waals surface area contributed by atoms with E-state index in [0.29, 0.717) is 26.8 Å². The first kappa shape index (κ1) is 19.5. The minimum absolute atomic E-state index is 0.158. The standard InChI is InChI=1S/C24H6N8/c25-7-13(8-26)21-15-3-1-2-4-16(15)22(14(9-27)10-28)23-17(21)5-6-18-24(23)32-20(12-30)19(11-29)31-18/h1-6H. The van der Waals surface area contributed by atoms with Crippen molar-refractivity contribution in [2.24, 2.45) is 0 Å². The van der Waals surface area contributed by atoms with Crippen LogP contribution in [0.4, 0.5) is 0 Å². The van der Waals surface area contributed by atoms with Crippen molar-refractivity contribution < 1.29 is 0 Å². The van der Waals surface area contributed by atoms with Crippen LogP contribution in [0, 0.1) is 68.0 Å². The van der Waals surface area contributed by atoms with Crippen LogP contribution in [0.25, 0.3) is 43.7 Å². The van der Waals surface area contributed by atoms with Crippen molar-refractivity contribution in [3.05, 3.63) is 58.2 Å². The Morgan fingerprint density at radius 2 is 1.12 bits per heavy atom. The van der Waals surface area contributed by atoms with Gasteiger partial charge in [0.05, 0.1) is 11.0 Å². The highest BCUT2D eigenvalue weighted by Gasteiger charge is 2.17. The third kappa shape index (κ3) is 2.64. The normalized spacial score (nSPS) is 9.69. The lowest BCUT2D eigenvalue weighted by atomic mass is 9.93. The van der Waals surface area contributed by atoms with Crippen molar-refractivity contribution in [3.63, 3.8) is 0 Å². The molecule has 32 heavy (non-hydrogen) atoms. The number of fused-ring (bicyclic) bond motifs is 4. The van der Waals surface area contributed by atoms with E-state index in [1.54, 1.807) is 36.4 Å². The molecular formula is C24H6N8. The second-order valence-corrected chi connectivity index (χ2v) is 6.49. The van der Waals surface area contributed by atoms with E-state index in [2.05, 4.69) is 9.97 Å². The average molecular weight is 406 g/mol. The molecule has 1 heterocycles. The maximum absolute atomic E-state index is 9.67. The van der Waals surface area contributed by atoms with Crippen LogP contribution in [0.3, 0.4) is 0 Å². The maximum atomic E-state index is 9.67. The van der Waals surface area contributed by atoms with Crippen molar-refractivity contribution in [2.45, 2.75) is 0 Å². The molecule has 0 spiro atoms. The Kier molecular flexibility index (Phi) is 4.61. The van der Waals surface area contributed by atoms with Gasteiger partial charge in [-0.25, -0.2) is 9.97 Å². The van der Waals surface area contributed by atoms with Crippen LogP contribution >= 0.6 is 0 Å². The fourth-order valence-corrected chi connectivity index (χ4v) is 3.74. The number of hydrogen-bond acceptors (Lipinski definition) is 8. The van der Waals surface area contributed by atoms with Crippen molar-refractivity contribution in [1.29, 1.82) is 31.6 Å². The molecule has 0 aliphatic heterocycles. The molecule has 142 valence electrons. The van der Waals surface area contributed by atoms with Gasteiger partial charge in [0.25, 0.3) is 0 Å². The fraction of sp³-hybridized carbons (Fsp3) is 0. The van der Waals surface area contributed by atoms with E-state index >= 15 is 0 Å². The SMILES string of the molecule is N#CC(C#N)=c1c2ccccc2c(=C(C#N)C#N)c2c1ccc1nc(C#N)c(C#N)nc12. The number of hydrogen-bond donors (Lipinski definition) is 0. The van der Waals surface area contributed by atoms with Gasteiger partial charge in [-0.15, -0.1) is 0 Å². The Hall–Kier alpha value is -5.80. The molecule has 3 aromatic carbocycles. The zero-order valence-corrected chi connectivity index (χ0v) is 16.0. The molecule has 0 saturated carbocycles. The van der Waals surface area contributed by atoms with Gasteiger partial charge in [-0.1, -0.05) is 30.3 Å². The van der Waals surface area contributed by atoms with Crippen molar-refractivity contribution >= 4 is 43.7 Å². The van der Waals surface area contributed by atoms with E-state index < -0.39 is 0 Å². The minimum atomic E-state index is -0.214. The molecule has 4 aromatic rings. The molecule has 0 atom stereocenters. The Bertz CT molecular complexity index is 1860. The molecule has 4 rings (SSSR count). The highest BCUT2D eigenvalue weighted by atomic mass is 14.8. The van der Waals surface area contributed by atoms with Gasteiger partial charge in [0.15, 0.2) is 11.4 Å². The van der Waals surface area contributed by atoms with Crippen LogP contribution in [-0.4, -0.2) is 9.97 Å². The molecule has 0 unspecified atom stereocenters. The molecule has 8 nitrogen and oxygen atoms in total. The second-order valence-electron chi connectivity index (χ2n) is 6.49. The van der Waals surface area contributed by atoms with Crippen LogP contribution < -0.4 is 10.4 Å². The monoisotopic (exact) mass is 406 g/mol. The van der Waals surface area contributed by atoms with Crippen LogP contribution in [0.15, 0.2) is 36.4 Å². The van der Waals surface area contributed by atoms with E-state index in [4.69, 9.17) is 0 Å². The van der Waals surface area contributed by atoms with Gasteiger partial charge >= 0.3 is 0 Å². The zero-order valence-electron chi connectivity index (χ0n) is 16.0. The van der Waals surface area contributed by atoms with Crippen molar-refractivity contribution in [1.82, 2.24) is 9.97 Å². The van der Waals surface area contributed by atoms with Crippen molar-refractivity contribution in [2.75, 3.05) is 0 Å². The van der Waals surface area contributed by atoms with E-state index in [-0.39, 0.29) is 38.8 Å². The lowest BCUT2D eigenvalue weighted by Crippen LogP contribution is -2.19. The number of rotatable bonds is 0. The van der Waals surface area contributed by atoms with E-state index in [1.165, 1.54) is 0 Å². The summed E-state index contributed by atoms with van der Waals surface area (Å²) in [7, 11) is 0. The zero-order chi connectivity index (χ0) is 22.8. The van der Waals surface area contributed by atoms with Gasteiger partial charge in [0, 0.05) is 15.8 Å². The molecule has 0 amide bonds. The molecule has 8 heteroatoms. The highest BCUT2D eigenvalue weighted by molar-refractivity contribution is 6.13. The molecule has 0 radical (unpaired) electrons. The summed E-state index contributed by atoms with van der Waals surface area (Å²) in [4.78, 5) is 8.51. The molecule has 0 aliphatic rings. The molecule has 1 aromatic heterocycles. The number of nitrogens with zero attached hydrogens (tertiary/aromatic N) is 8. The minimum Gasteiger partial charge on any atom is -0.232 e. The fourth-order valence-electron chi connectivity index (χ4n) is 3.74. The van der Waals surface area contributed by atoms with E-state index in [0.717, 1.165) is 0 Å². The molecular weight excluding hydrogens is 400 g/mol. The van der Waals surface area contributed by atoms with Crippen molar-refractivity contribution in [3.8, 4) is 36.4 Å². The Labute approximate surface area is 180 Å². The molecule has 0 saturated heterocycles. The van der Waals surface area contributed by atoms with Gasteiger partial charge in [0.1, 0.15) is 47.6 Å². The quantitative estimate of drug-likeness (QED) is 0.316. The second kappa shape index (κ2) is 7.55. The Balaban J connectivity index is 2.60. The van der Waals surface area contributed by atoms with E-state index in [1.807, 2.05) is 36.4 Å².